The average molecular weight is 501 g/mol. The monoisotopic (exact) mass is 500 g/mol. The molecule has 0 fully saturated rings. The Morgan fingerprint density at radius 2 is 1.89 bits per heavy atom. The van der Waals surface area contributed by atoms with Gasteiger partial charge in [0.05, 0.1) is 36.7 Å². The van der Waals surface area contributed by atoms with Crippen LogP contribution in [0.4, 0.5) is 9.18 Å². The van der Waals surface area contributed by atoms with Crippen molar-refractivity contribution in [1.29, 1.82) is 0 Å². The standard InChI is InChI=1S/C28H25FN4O4/c1-2-14-32-22-17-33(27(35)23(22)24(31-28(32)36)18-10-12-20(29)13-11-18)25(19-7-4-3-5-8-19)26(34)30-16-21-9-6-15-37-21/h2-13,15,24-25H,1,14,16-17H2,(H,30,34)(H,31,36)/t24-,25-/m1/s1. The second kappa shape index (κ2) is 10.1. The molecule has 0 saturated carbocycles. The van der Waals surface area contributed by atoms with Crippen LogP contribution in [0.1, 0.15) is 29.0 Å². The van der Waals surface area contributed by atoms with Gasteiger partial charge in [0.25, 0.3) is 5.91 Å². The number of hydrogen-bond acceptors (Lipinski definition) is 4. The number of amides is 4. The first-order valence-corrected chi connectivity index (χ1v) is 11.8. The SMILES string of the molecule is C=CCN1C(=O)N[C@H](c2ccc(F)cc2)C2=C1CN([C@@H](C(=O)NCc1ccco1)c1ccccc1)C2=O. The summed E-state index contributed by atoms with van der Waals surface area (Å²) in [5.41, 5.74) is 2.02. The van der Waals surface area contributed by atoms with Gasteiger partial charge in [-0.15, -0.1) is 6.58 Å². The number of hydrogen-bond donors (Lipinski definition) is 2. The molecule has 2 aromatic carbocycles. The van der Waals surface area contributed by atoms with Gasteiger partial charge >= 0.3 is 6.03 Å². The molecule has 8 nitrogen and oxygen atoms in total. The Morgan fingerprint density at radius 1 is 1.14 bits per heavy atom. The van der Waals surface area contributed by atoms with Gasteiger partial charge in [-0.1, -0.05) is 48.5 Å². The summed E-state index contributed by atoms with van der Waals surface area (Å²) in [6.07, 6.45) is 3.09. The van der Waals surface area contributed by atoms with E-state index in [0.29, 0.717) is 28.2 Å². The molecule has 1 aromatic heterocycles. The van der Waals surface area contributed by atoms with Crippen LogP contribution in [-0.4, -0.2) is 40.7 Å². The molecule has 2 aliphatic heterocycles. The fourth-order valence-corrected chi connectivity index (χ4v) is 4.74. The maximum absolute atomic E-state index is 14.0. The summed E-state index contributed by atoms with van der Waals surface area (Å²) in [5.74, 6) is -0.622. The normalized spacial score (nSPS) is 17.9. The highest BCUT2D eigenvalue weighted by atomic mass is 19.1. The predicted molar refractivity (Wildman–Crippen MR) is 133 cm³/mol. The molecule has 3 heterocycles. The minimum Gasteiger partial charge on any atom is -0.467 e. The molecule has 37 heavy (non-hydrogen) atoms. The number of furan rings is 1. The van der Waals surface area contributed by atoms with Gasteiger partial charge in [0.1, 0.15) is 17.6 Å². The third-order valence-electron chi connectivity index (χ3n) is 6.46. The topological polar surface area (TPSA) is 94.9 Å². The number of carbonyl (C=O) groups is 3. The highest BCUT2D eigenvalue weighted by Gasteiger charge is 2.47. The fourth-order valence-electron chi connectivity index (χ4n) is 4.74. The lowest BCUT2D eigenvalue weighted by molar-refractivity contribution is -0.136. The first kappa shape index (κ1) is 24.1. The molecule has 5 rings (SSSR count). The van der Waals surface area contributed by atoms with E-state index in [9.17, 15) is 18.8 Å². The van der Waals surface area contributed by atoms with Crippen molar-refractivity contribution >= 4 is 17.8 Å². The number of carbonyl (C=O) groups excluding carboxylic acids is 3. The van der Waals surface area contributed by atoms with Crippen LogP contribution in [0.25, 0.3) is 0 Å². The predicted octanol–water partition coefficient (Wildman–Crippen LogP) is 3.83. The molecule has 0 saturated heterocycles. The van der Waals surface area contributed by atoms with Gasteiger partial charge in [0.2, 0.25) is 5.91 Å². The molecule has 188 valence electrons. The molecule has 2 atom stereocenters. The van der Waals surface area contributed by atoms with Gasteiger partial charge in [0.15, 0.2) is 0 Å². The van der Waals surface area contributed by atoms with Crippen LogP contribution in [0.2, 0.25) is 0 Å². The largest absolute Gasteiger partial charge is 0.467 e. The molecule has 2 N–H and O–H groups in total. The summed E-state index contributed by atoms with van der Waals surface area (Å²) in [7, 11) is 0. The second-order valence-corrected chi connectivity index (χ2v) is 8.74. The van der Waals surface area contributed by atoms with Crippen molar-refractivity contribution in [2.75, 3.05) is 13.1 Å². The van der Waals surface area contributed by atoms with Crippen molar-refractivity contribution in [3.63, 3.8) is 0 Å². The van der Waals surface area contributed by atoms with Crippen LogP contribution < -0.4 is 10.6 Å². The first-order valence-electron chi connectivity index (χ1n) is 11.8. The lowest BCUT2D eigenvalue weighted by Gasteiger charge is -2.33. The Labute approximate surface area is 213 Å². The van der Waals surface area contributed by atoms with Crippen LogP contribution in [0.5, 0.6) is 0 Å². The summed E-state index contributed by atoms with van der Waals surface area (Å²) in [6, 6.07) is 16.0. The number of nitrogens with zero attached hydrogens (tertiary/aromatic N) is 2. The van der Waals surface area contributed by atoms with Crippen LogP contribution in [0.3, 0.4) is 0 Å². The van der Waals surface area contributed by atoms with Crippen molar-refractivity contribution in [3.05, 3.63) is 120 Å². The molecule has 3 aromatic rings. The molecule has 4 amide bonds. The van der Waals surface area contributed by atoms with E-state index in [1.165, 1.54) is 40.3 Å². The zero-order valence-corrected chi connectivity index (χ0v) is 19.9. The smallest absolute Gasteiger partial charge is 0.322 e. The Morgan fingerprint density at radius 3 is 2.57 bits per heavy atom. The maximum atomic E-state index is 14.0. The lowest BCUT2D eigenvalue weighted by atomic mass is 9.95. The molecule has 9 heteroatoms. The zero-order chi connectivity index (χ0) is 25.9. The summed E-state index contributed by atoms with van der Waals surface area (Å²) >= 11 is 0. The van der Waals surface area contributed by atoms with Gasteiger partial charge < -0.3 is 20.0 Å². The number of nitrogens with one attached hydrogen (secondary N) is 2. The summed E-state index contributed by atoms with van der Waals surface area (Å²) in [5, 5.41) is 5.72. The first-order chi connectivity index (χ1) is 18.0. The zero-order valence-electron chi connectivity index (χ0n) is 19.9. The van der Waals surface area contributed by atoms with E-state index in [-0.39, 0.29) is 31.4 Å². The van der Waals surface area contributed by atoms with E-state index in [1.807, 2.05) is 6.07 Å². The summed E-state index contributed by atoms with van der Waals surface area (Å²) in [6.45, 7) is 4.11. The Bertz CT molecular complexity index is 1350. The third-order valence-corrected chi connectivity index (χ3v) is 6.46. The van der Waals surface area contributed by atoms with E-state index < -0.39 is 23.9 Å². The molecule has 0 unspecified atom stereocenters. The molecule has 0 bridgehead atoms. The third kappa shape index (κ3) is 4.63. The van der Waals surface area contributed by atoms with Crippen molar-refractivity contribution < 1.29 is 23.2 Å². The minimum atomic E-state index is -0.955. The van der Waals surface area contributed by atoms with E-state index in [2.05, 4.69) is 17.2 Å². The van der Waals surface area contributed by atoms with Gasteiger partial charge in [-0.2, -0.15) is 0 Å². The van der Waals surface area contributed by atoms with Crippen LogP contribution in [0, 0.1) is 5.82 Å². The highest BCUT2D eigenvalue weighted by Crippen LogP contribution is 2.39. The molecule has 2 aliphatic rings. The van der Waals surface area contributed by atoms with Crippen LogP contribution in [-0.2, 0) is 16.1 Å². The summed E-state index contributed by atoms with van der Waals surface area (Å²) in [4.78, 5) is 43.5. The maximum Gasteiger partial charge on any atom is 0.322 e. The van der Waals surface area contributed by atoms with E-state index in [1.54, 1.807) is 42.5 Å². The number of benzene rings is 2. The fraction of sp³-hybridized carbons (Fsp3) is 0.179. The highest BCUT2D eigenvalue weighted by molar-refractivity contribution is 6.03. The van der Waals surface area contributed by atoms with Crippen LogP contribution >= 0.6 is 0 Å². The number of rotatable bonds is 8. The molecular weight excluding hydrogens is 475 g/mol. The van der Waals surface area contributed by atoms with Crippen molar-refractivity contribution in [2.45, 2.75) is 18.6 Å². The minimum absolute atomic E-state index is 0.0425. The number of urea groups is 1. The second-order valence-electron chi connectivity index (χ2n) is 8.74. The molecule has 0 spiro atoms. The Kier molecular flexibility index (Phi) is 6.59. The van der Waals surface area contributed by atoms with Gasteiger partial charge in [-0.05, 0) is 35.4 Å². The molecular formula is C28H25FN4O4. The summed E-state index contributed by atoms with van der Waals surface area (Å²) < 4.78 is 18.9. The van der Waals surface area contributed by atoms with E-state index in [4.69, 9.17) is 4.42 Å². The Hall–Kier alpha value is -4.66. The quantitative estimate of drug-likeness (QED) is 0.460. The van der Waals surface area contributed by atoms with Gasteiger partial charge in [0, 0.05) is 6.54 Å². The van der Waals surface area contributed by atoms with E-state index >= 15 is 0 Å². The number of halogens is 1. The lowest BCUT2D eigenvalue weighted by Crippen LogP contribution is -2.47. The Balaban J connectivity index is 1.52. The molecule has 0 radical (unpaired) electrons. The van der Waals surface area contributed by atoms with Gasteiger partial charge in [-0.3, -0.25) is 14.5 Å². The van der Waals surface area contributed by atoms with Crippen molar-refractivity contribution in [2.24, 2.45) is 0 Å². The van der Waals surface area contributed by atoms with Crippen molar-refractivity contribution in [1.82, 2.24) is 20.4 Å². The van der Waals surface area contributed by atoms with Crippen molar-refractivity contribution in [3.8, 4) is 0 Å². The average Bonchev–Trinajstić information content (AvgIpc) is 3.54. The van der Waals surface area contributed by atoms with Gasteiger partial charge in [-0.25, -0.2) is 9.18 Å². The molecule has 0 aliphatic carbocycles. The van der Waals surface area contributed by atoms with E-state index in [0.717, 1.165) is 0 Å². The van der Waals surface area contributed by atoms with Crippen LogP contribution in [0.15, 0.2) is 101 Å².